The van der Waals surface area contributed by atoms with E-state index in [2.05, 4.69) is 207 Å². The van der Waals surface area contributed by atoms with E-state index in [0.717, 1.165) is 78.0 Å². The van der Waals surface area contributed by atoms with Crippen LogP contribution in [0.3, 0.4) is 0 Å². The molecule has 62 heavy (non-hydrogen) atoms. The number of benzene rings is 10. The van der Waals surface area contributed by atoms with Crippen molar-refractivity contribution in [1.29, 1.82) is 0 Å². The van der Waals surface area contributed by atoms with Gasteiger partial charge in [-0.3, -0.25) is 0 Å². The quantitative estimate of drug-likeness (QED) is 0.143. The molecule has 10 aromatic carbocycles. The van der Waals surface area contributed by atoms with Crippen LogP contribution >= 0.6 is 0 Å². The van der Waals surface area contributed by atoms with Gasteiger partial charge in [-0.1, -0.05) is 137 Å². The molecule has 0 unspecified atom stereocenters. The lowest BCUT2D eigenvalue weighted by molar-refractivity contribution is 0.668. The monoisotopic (exact) mass is 800 g/mol. The molecule has 0 bridgehead atoms. The van der Waals surface area contributed by atoms with Crippen LogP contribution in [0.5, 0.6) is 0 Å². The van der Waals surface area contributed by atoms with Crippen molar-refractivity contribution in [1.82, 2.24) is 0 Å². The molecule has 12 aromatic rings. The summed E-state index contributed by atoms with van der Waals surface area (Å²) in [5, 5.41) is 12.0. The summed E-state index contributed by atoms with van der Waals surface area (Å²) in [7, 11) is 0. The zero-order chi connectivity index (χ0) is 41.6. The molecule has 4 nitrogen and oxygen atoms in total. The minimum absolute atomic E-state index is 0.262. The summed E-state index contributed by atoms with van der Waals surface area (Å²) in [6.07, 6.45) is 0. The van der Waals surface area contributed by atoms with Crippen LogP contribution in [0.25, 0.3) is 76.2 Å². The van der Waals surface area contributed by atoms with Gasteiger partial charge in [0, 0.05) is 32.9 Å². The topological polar surface area (TPSA) is 32.8 Å². The summed E-state index contributed by atoms with van der Waals surface area (Å²) in [6.45, 7) is 9.30. The molecule has 0 aliphatic rings. The van der Waals surface area contributed by atoms with E-state index in [1.54, 1.807) is 0 Å². The fourth-order valence-corrected chi connectivity index (χ4v) is 10.2. The van der Waals surface area contributed by atoms with Crippen LogP contribution in [0.4, 0.5) is 34.1 Å². The fraction of sp³-hybridized carbons (Fsp3) is 0.103. The minimum atomic E-state index is 0.262. The summed E-state index contributed by atoms with van der Waals surface area (Å²) < 4.78 is 13.0. The van der Waals surface area contributed by atoms with Gasteiger partial charge in [-0.05, 0) is 117 Å². The zero-order valence-electron chi connectivity index (χ0n) is 35.2. The largest absolute Gasteiger partial charge is 0.456 e. The Morgan fingerprint density at radius 1 is 0.306 bits per heavy atom. The first-order valence-corrected chi connectivity index (χ1v) is 21.7. The van der Waals surface area contributed by atoms with E-state index in [1.807, 2.05) is 12.1 Å². The number of nitrogens with zero attached hydrogens (tertiary/aromatic N) is 2. The predicted molar refractivity (Wildman–Crippen MR) is 262 cm³/mol. The van der Waals surface area contributed by atoms with Crippen LogP contribution < -0.4 is 9.80 Å². The average Bonchev–Trinajstić information content (AvgIpc) is 3.89. The summed E-state index contributed by atoms with van der Waals surface area (Å²) >= 11 is 0. The molecule has 0 radical (unpaired) electrons. The van der Waals surface area contributed by atoms with Crippen molar-refractivity contribution in [2.24, 2.45) is 0 Å². The molecule has 0 fully saturated rings. The van der Waals surface area contributed by atoms with E-state index in [0.29, 0.717) is 0 Å². The number of furan rings is 2. The highest BCUT2D eigenvalue weighted by atomic mass is 16.3. The van der Waals surface area contributed by atoms with E-state index in [9.17, 15) is 0 Å². The molecule has 0 saturated carbocycles. The second-order valence-corrected chi connectivity index (χ2v) is 17.2. The third kappa shape index (κ3) is 5.39. The average molecular weight is 801 g/mol. The van der Waals surface area contributed by atoms with Crippen LogP contribution in [-0.4, -0.2) is 0 Å². The Labute approximate surface area is 360 Å². The van der Waals surface area contributed by atoms with Crippen molar-refractivity contribution >= 4 is 110 Å². The third-order valence-electron chi connectivity index (χ3n) is 12.9. The highest BCUT2D eigenvalue weighted by molar-refractivity contribution is 6.30. The van der Waals surface area contributed by atoms with Gasteiger partial charge in [-0.15, -0.1) is 0 Å². The Morgan fingerprint density at radius 2 is 0.677 bits per heavy atom. The minimum Gasteiger partial charge on any atom is -0.456 e. The summed E-state index contributed by atoms with van der Waals surface area (Å²) in [6, 6.07) is 65.8. The Kier molecular flexibility index (Phi) is 8.20. The van der Waals surface area contributed by atoms with Gasteiger partial charge in [0.1, 0.15) is 22.3 Å². The van der Waals surface area contributed by atoms with Crippen molar-refractivity contribution < 1.29 is 8.83 Å². The Hall–Kier alpha value is -7.56. The van der Waals surface area contributed by atoms with Crippen LogP contribution in [0, 0.1) is 0 Å². The Balaban J connectivity index is 1.22. The Bertz CT molecular complexity index is 3410. The van der Waals surface area contributed by atoms with Crippen LogP contribution in [0.1, 0.15) is 50.7 Å². The van der Waals surface area contributed by atoms with Gasteiger partial charge in [0.05, 0.1) is 33.5 Å². The number of hydrogen-bond acceptors (Lipinski definition) is 4. The number of anilines is 6. The van der Waals surface area contributed by atoms with Crippen molar-refractivity contribution in [2.45, 2.75) is 39.5 Å². The summed E-state index contributed by atoms with van der Waals surface area (Å²) in [4.78, 5) is 4.93. The van der Waals surface area contributed by atoms with Crippen molar-refractivity contribution in [2.75, 3.05) is 9.80 Å². The number of para-hydroxylation sites is 4. The van der Waals surface area contributed by atoms with Gasteiger partial charge in [0.2, 0.25) is 0 Å². The van der Waals surface area contributed by atoms with E-state index in [-0.39, 0.29) is 11.8 Å². The van der Waals surface area contributed by atoms with Crippen LogP contribution in [-0.2, 0) is 0 Å². The first-order chi connectivity index (χ1) is 30.4. The highest BCUT2D eigenvalue weighted by Crippen LogP contribution is 2.53. The molecule has 298 valence electrons. The third-order valence-corrected chi connectivity index (χ3v) is 12.9. The molecule has 0 atom stereocenters. The predicted octanol–water partition coefficient (Wildman–Crippen LogP) is 17.6. The molecule has 0 spiro atoms. The standard InChI is InChI=1S/C58H44N2O2/c1-35(2)45-33-49(59(37-17-7-5-8-18-37)47-23-15-27-53-57(47)43-21-11-13-25-51(43)61-53)41-32-30-40-46(36(3)4)34-50(42-31-29-39(45)55(41)56(40)42)60(38-19-9-6-10-20-38)48-24-16-28-54-58(48)44-22-12-14-26-52(44)62-54/h5-36H,1-4H3. The lowest BCUT2D eigenvalue weighted by atomic mass is 9.84. The SMILES string of the molecule is CC(C)c1cc(N(c2ccccc2)c2cccc3oc4ccccc4c23)c2ccc3c(C(C)C)cc(N(c4ccccc4)c4cccc5oc6ccccc6c45)c4ccc1c2c34. The molecule has 2 aromatic heterocycles. The van der Waals surface area contributed by atoms with Gasteiger partial charge in [-0.25, -0.2) is 0 Å². The van der Waals surface area contributed by atoms with Crippen LogP contribution in [0.15, 0.2) is 191 Å². The molecular formula is C58H44N2O2. The maximum Gasteiger partial charge on any atom is 0.137 e. The summed E-state index contributed by atoms with van der Waals surface area (Å²) in [5.41, 5.74) is 12.8. The lowest BCUT2D eigenvalue weighted by Crippen LogP contribution is -2.13. The maximum absolute atomic E-state index is 6.51. The van der Waals surface area contributed by atoms with Gasteiger partial charge in [0.25, 0.3) is 0 Å². The van der Waals surface area contributed by atoms with Crippen molar-refractivity contribution in [3.63, 3.8) is 0 Å². The molecule has 0 saturated heterocycles. The van der Waals surface area contributed by atoms with Crippen LogP contribution in [0.2, 0.25) is 0 Å². The van der Waals surface area contributed by atoms with E-state index in [4.69, 9.17) is 8.83 Å². The molecule has 0 aliphatic carbocycles. The first-order valence-electron chi connectivity index (χ1n) is 21.7. The van der Waals surface area contributed by atoms with Gasteiger partial charge < -0.3 is 18.6 Å². The van der Waals surface area contributed by atoms with Crippen molar-refractivity contribution in [3.05, 3.63) is 193 Å². The highest BCUT2D eigenvalue weighted by Gasteiger charge is 2.28. The van der Waals surface area contributed by atoms with Gasteiger partial charge in [0.15, 0.2) is 0 Å². The molecule has 0 amide bonds. The number of fused-ring (bicyclic) bond motifs is 6. The fourth-order valence-electron chi connectivity index (χ4n) is 10.2. The van der Waals surface area contributed by atoms with E-state index < -0.39 is 0 Å². The Morgan fingerprint density at radius 3 is 1.10 bits per heavy atom. The summed E-state index contributed by atoms with van der Waals surface area (Å²) in [5.74, 6) is 0.525. The molecule has 0 aliphatic heterocycles. The zero-order valence-corrected chi connectivity index (χ0v) is 35.2. The van der Waals surface area contributed by atoms with Gasteiger partial charge >= 0.3 is 0 Å². The number of rotatable bonds is 8. The maximum atomic E-state index is 6.51. The molecule has 4 heteroatoms. The lowest BCUT2D eigenvalue weighted by Gasteiger charge is -2.32. The van der Waals surface area contributed by atoms with Gasteiger partial charge in [-0.2, -0.15) is 0 Å². The second-order valence-electron chi connectivity index (χ2n) is 17.2. The second kappa shape index (κ2) is 14.0. The smallest absolute Gasteiger partial charge is 0.137 e. The molecule has 2 heterocycles. The van der Waals surface area contributed by atoms with E-state index >= 15 is 0 Å². The first kappa shape index (κ1) is 36.3. The van der Waals surface area contributed by atoms with E-state index in [1.165, 1.54) is 43.4 Å². The molecule has 0 N–H and O–H groups in total. The normalized spacial score (nSPS) is 12.2. The van der Waals surface area contributed by atoms with Crippen molar-refractivity contribution in [3.8, 4) is 0 Å². The number of hydrogen-bond donors (Lipinski definition) is 0. The molecule has 12 rings (SSSR count). The molecular weight excluding hydrogens is 757 g/mol.